The highest BCUT2D eigenvalue weighted by atomic mass is 16.3. The Kier molecular flexibility index (Phi) is 5.60. The zero-order valence-electron chi connectivity index (χ0n) is 11.8. The van der Waals surface area contributed by atoms with Crippen LogP contribution in [0.25, 0.3) is 0 Å². The van der Waals surface area contributed by atoms with Crippen LogP contribution < -0.4 is 5.73 Å². The number of rotatable bonds is 4. The molecule has 0 radical (unpaired) electrons. The van der Waals surface area contributed by atoms with Crippen LogP contribution in [0, 0.1) is 11.8 Å². The highest BCUT2D eigenvalue weighted by Crippen LogP contribution is 2.31. The summed E-state index contributed by atoms with van der Waals surface area (Å²) in [6, 6.07) is 0. The molecule has 1 aliphatic heterocycles. The van der Waals surface area contributed by atoms with Crippen LogP contribution in [0.15, 0.2) is 0 Å². The molecule has 2 atom stereocenters. The van der Waals surface area contributed by atoms with Gasteiger partial charge in [-0.2, -0.15) is 0 Å². The van der Waals surface area contributed by atoms with E-state index in [4.69, 9.17) is 10.8 Å². The Bertz CT molecular complexity index is 290. The first kappa shape index (κ1) is 14.8. The zero-order chi connectivity index (χ0) is 13.7. The van der Waals surface area contributed by atoms with E-state index in [0.717, 1.165) is 52.0 Å². The second-order valence-corrected chi connectivity index (χ2v) is 5.78. The number of aliphatic hydroxyl groups is 1. The van der Waals surface area contributed by atoms with Gasteiger partial charge in [-0.25, -0.2) is 0 Å². The van der Waals surface area contributed by atoms with Crippen LogP contribution >= 0.6 is 0 Å². The topological polar surface area (TPSA) is 69.8 Å². The number of hydrogen-bond donors (Lipinski definition) is 2. The minimum absolute atomic E-state index is 0.156. The molecule has 3 N–H and O–H groups in total. The van der Waals surface area contributed by atoms with Gasteiger partial charge in [0.05, 0.1) is 6.61 Å². The molecule has 2 fully saturated rings. The predicted molar refractivity (Wildman–Crippen MR) is 74.6 cm³/mol. The molecule has 5 nitrogen and oxygen atoms in total. The number of carbonyl (C=O) groups excluding carboxylic acids is 1. The normalized spacial score (nSPS) is 29.5. The van der Waals surface area contributed by atoms with Crippen LogP contribution in [0.2, 0.25) is 0 Å². The number of nitrogens with zero attached hydrogens (tertiary/aromatic N) is 2. The summed E-state index contributed by atoms with van der Waals surface area (Å²) < 4.78 is 0. The maximum absolute atomic E-state index is 12.6. The van der Waals surface area contributed by atoms with Gasteiger partial charge in [-0.15, -0.1) is 0 Å². The van der Waals surface area contributed by atoms with Gasteiger partial charge in [-0.3, -0.25) is 9.69 Å². The maximum Gasteiger partial charge on any atom is 0.226 e. The number of hydrogen-bond acceptors (Lipinski definition) is 4. The average molecular weight is 269 g/mol. The first-order chi connectivity index (χ1) is 9.26. The van der Waals surface area contributed by atoms with Crippen LogP contribution in [-0.2, 0) is 4.79 Å². The Labute approximate surface area is 115 Å². The summed E-state index contributed by atoms with van der Waals surface area (Å²) in [5.41, 5.74) is 5.82. The number of nitrogens with two attached hydrogens (primary N) is 1. The fourth-order valence-corrected chi connectivity index (χ4v) is 3.38. The molecule has 2 rings (SSSR count). The van der Waals surface area contributed by atoms with Crippen LogP contribution in [0.4, 0.5) is 0 Å². The van der Waals surface area contributed by atoms with E-state index < -0.39 is 0 Å². The van der Waals surface area contributed by atoms with Gasteiger partial charge in [-0.1, -0.05) is 12.8 Å². The van der Waals surface area contributed by atoms with Gasteiger partial charge in [0.15, 0.2) is 0 Å². The Hall–Kier alpha value is -0.650. The number of β-amino-alcohol motifs (C(OH)–C–C–N with tert-alkyl or cyclic N) is 1. The Balaban J connectivity index is 1.86. The smallest absolute Gasteiger partial charge is 0.226 e. The van der Waals surface area contributed by atoms with Crippen molar-refractivity contribution in [2.45, 2.75) is 25.7 Å². The van der Waals surface area contributed by atoms with Gasteiger partial charge in [-0.05, 0) is 25.3 Å². The molecular formula is C14H27N3O2. The molecule has 0 aromatic heterocycles. The summed E-state index contributed by atoms with van der Waals surface area (Å²) in [7, 11) is 0. The molecule has 1 heterocycles. The maximum atomic E-state index is 12.6. The van der Waals surface area contributed by atoms with Crippen molar-refractivity contribution in [3.63, 3.8) is 0 Å². The number of amides is 1. The van der Waals surface area contributed by atoms with Crippen molar-refractivity contribution in [3.8, 4) is 0 Å². The van der Waals surface area contributed by atoms with E-state index in [1.54, 1.807) is 0 Å². The van der Waals surface area contributed by atoms with Gasteiger partial charge in [0, 0.05) is 38.6 Å². The lowest BCUT2D eigenvalue weighted by Gasteiger charge is -2.39. The van der Waals surface area contributed by atoms with Crippen molar-refractivity contribution in [2.24, 2.45) is 17.6 Å². The number of carbonyl (C=O) groups is 1. The summed E-state index contributed by atoms with van der Waals surface area (Å²) in [5, 5.41) is 8.93. The summed E-state index contributed by atoms with van der Waals surface area (Å²) in [6.45, 7) is 4.92. The number of piperazine rings is 1. The van der Waals surface area contributed by atoms with Gasteiger partial charge in [0.2, 0.25) is 5.91 Å². The van der Waals surface area contributed by atoms with Crippen molar-refractivity contribution in [3.05, 3.63) is 0 Å². The molecule has 0 aromatic rings. The monoisotopic (exact) mass is 269 g/mol. The fourth-order valence-electron chi connectivity index (χ4n) is 3.38. The molecule has 1 saturated heterocycles. The molecule has 0 spiro atoms. The summed E-state index contributed by atoms with van der Waals surface area (Å²) in [4.78, 5) is 16.8. The molecule has 2 aliphatic rings. The summed E-state index contributed by atoms with van der Waals surface area (Å²) >= 11 is 0. The largest absolute Gasteiger partial charge is 0.395 e. The van der Waals surface area contributed by atoms with E-state index >= 15 is 0 Å². The predicted octanol–water partition coefficient (Wildman–Crippen LogP) is -0.112. The van der Waals surface area contributed by atoms with E-state index in [0.29, 0.717) is 18.4 Å². The SMILES string of the molecule is NCC1CCCCC1C(=O)N1CCN(CCO)CC1. The molecule has 0 bridgehead atoms. The molecule has 1 aliphatic carbocycles. The van der Waals surface area contributed by atoms with Gasteiger partial charge in [0.25, 0.3) is 0 Å². The minimum Gasteiger partial charge on any atom is -0.395 e. The van der Waals surface area contributed by atoms with Crippen molar-refractivity contribution >= 4 is 5.91 Å². The van der Waals surface area contributed by atoms with Crippen LogP contribution in [0.3, 0.4) is 0 Å². The van der Waals surface area contributed by atoms with Crippen molar-refractivity contribution in [1.29, 1.82) is 0 Å². The molecule has 19 heavy (non-hydrogen) atoms. The molecule has 0 aromatic carbocycles. The Morgan fingerprint density at radius 3 is 2.47 bits per heavy atom. The zero-order valence-corrected chi connectivity index (χ0v) is 11.8. The third kappa shape index (κ3) is 3.68. The first-order valence-corrected chi connectivity index (χ1v) is 7.58. The van der Waals surface area contributed by atoms with Gasteiger partial charge >= 0.3 is 0 Å². The lowest BCUT2D eigenvalue weighted by molar-refractivity contribution is -0.140. The summed E-state index contributed by atoms with van der Waals surface area (Å²) in [5.74, 6) is 0.860. The van der Waals surface area contributed by atoms with E-state index in [1.165, 1.54) is 6.42 Å². The van der Waals surface area contributed by atoms with E-state index in [2.05, 4.69) is 4.90 Å². The average Bonchev–Trinajstić information content (AvgIpc) is 2.47. The molecule has 1 saturated carbocycles. The minimum atomic E-state index is 0.156. The Morgan fingerprint density at radius 1 is 1.16 bits per heavy atom. The third-order valence-corrected chi connectivity index (χ3v) is 4.63. The lowest BCUT2D eigenvalue weighted by atomic mass is 9.78. The highest BCUT2D eigenvalue weighted by molar-refractivity contribution is 5.79. The molecular weight excluding hydrogens is 242 g/mol. The van der Waals surface area contributed by atoms with Gasteiger partial charge in [0.1, 0.15) is 0 Å². The quantitative estimate of drug-likeness (QED) is 0.747. The van der Waals surface area contributed by atoms with E-state index in [1.807, 2.05) is 4.90 Å². The van der Waals surface area contributed by atoms with Crippen molar-refractivity contribution in [2.75, 3.05) is 45.9 Å². The first-order valence-electron chi connectivity index (χ1n) is 7.58. The van der Waals surface area contributed by atoms with E-state index in [9.17, 15) is 4.79 Å². The molecule has 1 amide bonds. The number of aliphatic hydroxyl groups excluding tert-OH is 1. The van der Waals surface area contributed by atoms with Crippen LogP contribution in [0.1, 0.15) is 25.7 Å². The molecule has 110 valence electrons. The molecule has 2 unspecified atom stereocenters. The highest BCUT2D eigenvalue weighted by Gasteiger charge is 2.33. The van der Waals surface area contributed by atoms with Crippen molar-refractivity contribution in [1.82, 2.24) is 9.80 Å². The summed E-state index contributed by atoms with van der Waals surface area (Å²) in [6.07, 6.45) is 4.50. The lowest BCUT2D eigenvalue weighted by Crippen LogP contribution is -2.52. The second-order valence-electron chi connectivity index (χ2n) is 5.78. The Morgan fingerprint density at radius 2 is 1.84 bits per heavy atom. The van der Waals surface area contributed by atoms with Crippen LogP contribution in [-0.4, -0.2) is 66.7 Å². The van der Waals surface area contributed by atoms with Crippen molar-refractivity contribution < 1.29 is 9.90 Å². The second kappa shape index (κ2) is 7.22. The van der Waals surface area contributed by atoms with Gasteiger partial charge < -0.3 is 15.7 Å². The fraction of sp³-hybridized carbons (Fsp3) is 0.929. The van der Waals surface area contributed by atoms with Crippen LogP contribution in [0.5, 0.6) is 0 Å². The van der Waals surface area contributed by atoms with E-state index in [-0.39, 0.29) is 12.5 Å². The third-order valence-electron chi connectivity index (χ3n) is 4.63. The molecule has 5 heteroatoms. The standard InChI is InChI=1S/C14H27N3O2/c15-11-12-3-1-2-4-13(12)14(19)17-7-5-16(6-8-17)9-10-18/h12-13,18H,1-11,15H2.